The predicted molar refractivity (Wildman–Crippen MR) is 81.5 cm³/mol. The molecule has 1 aliphatic heterocycles. The summed E-state index contributed by atoms with van der Waals surface area (Å²) in [5.41, 5.74) is 8.39. The molecular formula is C16H25N3O. The molecule has 1 amide bonds. The van der Waals surface area contributed by atoms with E-state index < -0.39 is 0 Å². The van der Waals surface area contributed by atoms with Crippen LogP contribution in [0.2, 0.25) is 0 Å². The van der Waals surface area contributed by atoms with Crippen LogP contribution in [0.15, 0.2) is 24.3 Å². The Morgan fingerprint density at radius 2 is 2.15 bits per heavy atom. The quantitative estimate of drug-likeness (QED) is 0.845. The molecule has 0 bridgehead atoms. The Morgan fingerprint density at radius 1 is 1.40 bits per heavy atom. The highest BCUT2D eigenvalue weighted by atomic mass is 16.2. The minimum atomic E-state index is 0.119. The fourth-order valence-electron chi connectivity index (χ4n) is 2.58. The highest BCUT2D eigenvalue weighted by Gasteiger charge is 2.17. The summed E-state index contributed by atoms with van der Waals surface area (Å²) in [6.45, 7) is 5.16. The van der Waals surface area contributed by atoms with Gasteiger partial charge in [-0.3, -0.25) is 9.69 Å². The zero-order valence-corrected chi connectivity index (χ0v) is 12.3. The van der Waals surface area contributed by atoms with Crippen LogP contribution >= 0.6 is 0 Å². The smallest absolute Gasteiger partial charge is 0.234 e. The number of benzene rings is 1. The zero-order chi connectivity index (χ0) is 14.4. The number of nitrogens with zero attached hydrogens (tertiary/aromatic N) is 1. The van der Waals surface area contributed by atoms with E-state index in [1.54, 1.807) is 0 Å². The van der Waals surface area contributed by atoms with Gasteiger partial charge in [-0.05, 0) is 31.7 Å². The number of nitrogens with two attached hydrogens (primary N) is 1. The lowest BCUT2D eigenvalue weighted by atomic mass is 10.1. The average molecular weight is 275 g/mol. The van der Waals surface area contributed by atoms with Gasteiger partial charge in [-0.1, -0.05) is 29.8 Å². The van der Waals surface area contributed by atoms with E-state index in [0.29, 0.717) is 19.1 Å². The first-order valence-electron chi connectivity index (χ1n) is 7.43. The van der Waals surface area contributed by atoms with Crippen molar-refractivity contribution in [3.8, 4) is 0 Å². The number of likely N-dealkylation sites (tertiary alicyclic amines) is 1. The molecule has 1 saturated heterocycles. The van der Waals surface area contributed by atoms with Crippen LogP contribution in [0.25, 0.3) is 0 Å². The maximum Gasteiger partial charge on any atom is 0.234 e. The van der Waals surface area contributed by atoms with E-state index in [1.807, 2.05) is 0 Å². The topological polar surface area (TPSA) is 58.4 Å². The Morgan fingerprint density at radius 3 is 2.85 bits per heavy atom. The van der Waals surface area contributed by atoms with Gasteiger partial charge in [0.15, 0.2) is 0 Å². The summed E-state index contributed by atoms with van der Waals surface area (Å²) < 4.78 is 0. The number of rotatable bonds is 5. The second-order valence-electron chi connectivity index (χ2n) is 5.70. The summed E-state index contributed by atoms with van der Waals surface area (Å²) in [4.78, 5) is 14.1. The third-order valence-electron chi connectivity index (χ3n) is 3.82. The molecule has 3 N–H and O–H groups in total. The van der Waals surface area contributed by atoms with E-state index in [-0.39, 0.29) is 5.91 Å². The number of carbonyl (C=O) groups is 1. The van der Waals surface area contributed by atoms with Crippen LogP contribution in [0, 0.1) is 6.92 Å². The molecule has 1 heterocycles. The van der Waals surface area contributed by atoms with Crippen molar-refractivity contribution in [3.63, 3.8) is 0 Å². The summed E-state index contributed by atoms with van der Waals surface area (Å²) in [7, 11) is 0. The van der Waals surface area contributed by atoms with Gasteiger partial charge in [0.05, 0.1) is 6.54 Å². The Bertz CT molecular complexity index is 439. The highest BCUT2D eigenvalue weighted by molar-refractivity contribution is 5.78. The van der Waals surface area contributed by atoms with E-state index in [9.17, 15) is 4.79 Å². The van der Waals surface area contributed by atoms with Crippen molar-refractivity contribution < 1.29 is 4.79 Å². The fraction of sp³-hybridized carbons (Fsp3) is 0.562. The first-order chi connectivity index (χ1) is 9.63. The molecule has 2 rings (SSSR count). The highest BCUT2D eigenvalue weighted by Crippen LogP contribution is 2.07. The second kappa shape index (κ2) is 7.41. The predicted octanol–water partition coefficient (Wildman–Crippen LogP) is 1.08. The Balaban J connectivity index is 1.65. The molecule has 0 saturated carbocycles. The van der Waals surface area contributed by atoms with Crippen molar-refractivity contribution in [2.24, 2.45) is 5.73 Å². The van der Waals surface area contributed by atoms with E-state index in [1.165, 1.54) is 11.1 Å². The number of amides is 1. The van der Waals surface area contributed by atoms with Crippen molar-refractivity contribution in [1.29, 1.82) is 0 Å². The molecule has 1 aromatic rings. The number of carbonyl (C=O) groups excluding carboxylic acids is 1. The molecule has 4 heteroatoms. The summed E-state index contributed by atoms with van der Waals surface area (Å²) in [6.07, 6.45) is 2.88. The minimum absolute atomic E-state index is 0.119. The molecule has 0 spiro atoms. The van der Waals surface area contributed by atoms with Gasteiger partial charge in [0.2, 0.25) is 5.91 Å². The van der Waals surface area contributed by atoms with Crippen molar-refractivity contribution in [2.45, 2.75) is 32.2 Å². The number of aryl methyl sites for hydroxylation is 1. The summed E-state index contributed by atoms with van der Waals surface area (Å²) in [6, 6.07) is 8.73. The third-order valence-corrected chi connectivity index (χ3v) is 3.82. The van der Waals surface area contributed by atoms with E-state index >= 15 is 0 Å². The van der Waals surface area contributed by atoms with Crippen LogP contribution in [0.3, 0.4) is 0 Å². The molecule has 4 nitrogen and oxygen atoms in total. The number of piperidine rings is 1. The largest absolute Gasteiger partial charge is 0.355 e. The number of nitrogens with one attached hydrogen (secondary N) is 1. The molecule has 0 unspecified atom stereocenters. The third kappa shape index (κ3) is 4.94. The maximum atomic E-state index is 11.9. The van der Waals surface area contributed by atoms with Gasteiger partial charge in [-0.2, -0.15) is 0 Å². The molecule has 1 aromatic carbocycles. The first kappa shape index (κ1) is 15.0. The first-order valence-corrected chi connectivity index (χ1v) is 7.43. The molecule has 1 aliphatic rings. The lowest BCUT2D eigenvalue weighted by molar-refractivity contribution is -0.122. The van der Waals surface area contributed by atoms with Crippen LogP contribution in [0.1, 0.15) is 24.0 Å². The van der Waals surface area contributed by atoms with Crippen molar-refractivity contribution in [2.75, 3.05) is 26.2 Å². The van der Waals surface area contributed by atoms with E-state index in [0.717, 1.165) is 32.4 Å². The Hall–Kier alpha value is -1.39. The van der Waals surface area contributed by atoms with Crippen LogP contribution in [-0.2, 0) is 11.2 Å². The lowest BCUT2D eigenvalue weighted by Crippen LogP contribution is -2.44. The van der Waals surface area contributed by atoms with E-state index in [2.05, 4.69) is 41.4 Å². The molecule has 0 aromatic heterocycles. The maximum absolute atomic E-state index is 11.9. The van der Waals surface area contributed by atoms with Gasteiger partial charge in [0.1, 0.15) is 0 Å². The molecule has 0 radical (unpaired) electrons. The zero-order valence-electron chi connectivity index (χ0n) is 12.3. The minimum Gasteiger partial charge on any atom is -0.355 e. The molecule has 20 heavy (non-hydrogen) atoms. The van der Waals surface area contributed by atoms with Crippen molar-refractivity contribution in [3.05, 3.63) is 35.4 Å². The van der Waals surface area contributed by atoms with Gasteiger partial charge in [0, 0.05) is 25.7 Å². The van der Waals surface area contributed by atoms with Crippen LogP contribution in [-0.4, -0.2) is 43.0 Å². The molecular weight excluding hydrogens is 250 g/mol. The fourth-order valence-corrected chi connectivity index (χ4v) is 2.58. The molecule has 110 valence electrons. The van der Waals surface area contributed by atoms with Crippen LogP contribution in [0.4, 0.5) is 0 Å². The van der Waals surface area contributed by atoms with Crippen LogP contribution < -0.4 is 11.1 Å². The van der Waals surface area contributed by atoms with Crippen LogP contribution in [0.5, 0.6) is 0 Å². The average Bonchev–Trinajstić information content (AvgIpc) is 2.41. The number of hydrogen-bond donors (Lipinski definition) is 2. The summed E-state index contributed by atoms with van der Waals surface area (Å²) in [5, 5.41) is 3.00. The normalized spacial score (nSPS) is 17.1. The van der Waals surface area contributed by atoms with E-state index in [4.69, 9.17) is 5.73 Å². The molecule has 0 atom stereocenters. The van der Waals surface area contributed by atoms with Crippen molar-refractivity contribution >= 4 is 5.91 Å². The lowest BCUT2D eigenvalue weighted by Gasteiger charge is -2.29. The summed E-state index contributed by atoms with van der Waals surface area (Å²) in [5.74, 6) is 0.119. The molecule has 1 fully saturated rings. The van der Waals surface area contributed by atoms with Gasteiger partial charge >= 0.3 is 0 Å². The van der Waals surface area contributed by atoms with Gasteiger partial charge < -0.3 is 11.1 Å². The van der Waals surface area contributed by atoms with Gasteiger partial charge in [-0.15, -0.1) is 0 Å². The SMILES string of the molecule is Cc1cccc(CCNC(=O)CN2CCC(N)CC2)c1. The second-order valence-corrected chi connectivity index (χ2v) is 5.70. The number of hydrogen-bond acceptors (Lipinski definition) is 3. The molecule has 0 aliphatic carbocycles. The van der Waals surface area contributed by atoms with Gasteiger partial charge in [-0.25, -0.2) is 0 Å². The Labute approximate surface area is 121 Å². The Kier molecular flexibility index (Phi) is 5.56. The van der Waals surface area contributed by atoms with Gasteiger partial charge in [0.25, 0.3) is 0 Å². The monoisotopic (exact) mass is 275 g/mol. The summed E-state index contributed by atoms with van der Waals surface area (Å²) >= 11 is 0. The standard InChI is InChI=1S/C16H25N3O/c1-13-3-2-4-14(11-13)5-8-18-16(20)12-19-9-6-15(17)7-10-19/h2-4,11,15H,5-10,12,17H2,1H3,(H,18,20). The van der Waals surface area contributed by atoms with Crippen molar-refractivity contribution in [1.82, 2.24) is 10.2 Å².